The normalized spacial score (nSPS) is 12.0. The minimum absolute atomic E-state index is 0.138. The summed E-state index contributed by atoms with van der Waals surface area (Å²) in [6.07, 6.45) is 0. The first-order valence-corrected chi connectivity index (χ1v) is 9.73. The summed E-state index contributed by atoms with van der Waals surface area (Å²) in [5.74, 6) is -1.49. The van der Waals surface area contributed by atoms with Crippen molar-refractivity contribution in [3.63, 3.8) is 0 Å². The third kappa shape index (κ3) is 3.55. The Bertz CT molecular complexity index is 1230. The number of nitrogen functional groups attached to an aromatic ring is 1. The average Bonchev–Trinajstić information content (AvgIpc) is 3.17. The van der Waals surface area contributed by atoms with Gasteiger partial charge in [-0.3, -0.25) is 14.9 Å². The van der Waals surface area contributed by atoms with Gasteiger partial charge in [-0.05, 0) is 51.2 Å². The minimum Gasteiger partial charge on any atom is -0.398 e. The molecule has 0 aliphatic heterocycles. The highest BCUT2D eigenvalue weighted by molar-refractivity contribution is 7.17. The van der Waals surface area contributed by atoms with E-state index in [0.29, 0.717) is 11.1 Å². The van der Waals surface area contributed by atoms with Gasteiger partial charge in [0.15, 0.2) is 0 Å². The predicted octanol–water partition coefficient (Wildman–Crippen LogP) is 4.68. The van der Waals surface area contributed by atoms with Crippen molar-refractivity contribution in [2.75, 3.05) is 5.73 Å². The van der Waals surface area contributed by atoms with Gasteiger partial charge in [0.2, 0.25) is 5.91 Å². The number of rotatable bonds is 5. The molecule has 1 heterocycles. The van der Waals surface area contributed by atoms with Crippen molar-refractivity contribution in [2.45, 2.75) is 5.92 Å². The summed E-state index contributed by atoms with van der Waals surface area (Å²) in [5.41, 5.74) is 14.8. The third-order valence-electron chi connectivity index (χ3n) is 4.91. The molecule has 144 valence electrons. The Balaban J connectivity index is 1.73. The van der Waals surface area contributed by atoms with E-state index in [1.807, 2.05) is 30.3 Å². The van der Waals surface area contributed by atoms with Gasteiger partial charge in [-0.1, -0.05) is 36.4 Å². The van der Waals surface area contributed by atoms with Crippen LogP contribution in [-0.4, -0.2) is 10.8 Å². The zero-order valence-corrected chi connectivity index (χ0v) is 16.1. The fourth-order valence-corrected chi connectivity index (χ4v) is 4.25. The lowest BCUT2D eigenvalue weighted by Crippen LogP contribution is -2.23. The number of hydrogen-bond donors (Lipinski definition) is 2. The predicted molar refractivity (Wildman–Crippen MR) is 116 cm³/mol. The molecule has 1 atom stereocenters. The number of amides is 1. The zero-order chi connectivity index (χ0) is 20.5. The molecule has 1 aromatic heterocycles. The van der Waals surface area contributed by atoms with Crippen LogP contribution in [0.1, 0.15) is 17.0 Å². The SMILES string of the molecule is NC(=O)C(c1ccc(-c2ccc3ccsc3c2)cc1)c1cc([N+](=O)[O-])ccc1N. The van der Waals surface area contributed by atoms with Gasteiger partial charge in [-0.15, -0.1) is 11.3 Å². The van der Waals surface area contributed by atoms with Crippen LogP contribution in [0.3, 0.4) is 0 Å². The molecule has 0 radical (unpaired) electrons. The van der Waals surface area contributed by atoms with Crippen LogP contribution in [0, 0.1) is 10.1 Å². The average molecular weight is 403 g/mol. The summed E-state index contributed by atoms with van der Waals surface area (Å²) in [5, 5.41) is 14.4. The largest absolute Gasteiger partial charge is 0.398 e. The number of nitrogens with zero attached hydrogens (tertiary/aromatic N) is 1. The summed E-state index contributed by atoms with van der Waals surface area (Å²) in [6, 6.07) is 19.8. The second-order valence-corrected chi connectivity index (χ2v) is 7.65. The summed E-state index contributed by atoms with van der Waals surface area (Å²) >= 11 is 1.68. The molecule has 0 aliphatic carbocycles. The van der Waals surface area contributed by atoms with Gasteiger partial charge < -0.3 is 11.5 Å². The Morgan fingerprint density at radius 2 is 1.69 bits per heavy atom. The van der Waals surface area contributed by atoms with Crippen LogP contribution in [0.5, 0.6) is 0 Å². The highest BCUT2D eigenvalue weighted by atomic mass is 32.1. The van der Waals surface area contributed by atoms with Gasteiger partial charge in [-0.2, -0.15) is 0 Å². The number of nitrogens with two attached hydrogens (primary N) is 2. The number of benzene rings is 3. The van der Waals surface area contributed by atoms with Gasteiger partial charge >= 0.3 is 0 Å². The molecule has 4 aromatic rings. The lowest BCUT2D eigenvalue weighted by molar-refractivity contribution is -0.384. The summed E-state index contributed by atoms with van der Waals surface area (Å²) in [7, 11) is 0. The van der Waals surface area contributed by atoms with Crippen LogP contribution in [-0.2, 0) is 4.79 Å². The lowest BCUT2D eigenvalue weighted by Gasteiger charge is -2.17. The van der Waals surface area contributed by atoms with Crippen molar-refractivity contribution in [2.24, 2.45) is 5.73 Å². The molecule has 4 rings (SSSR count). The maximum absolute atomic E-state index is 12.2. The van der Waals surface area contributed by atoms with E-state index in [2.05, 4.69) is 23.6 Å². The fraction of sp³-hybridized carbons (Fsp3) is 0.0455. The lowest BCUT2D eigenvalue weighted by atomic mass is 9.88. The van der Waals surface area contributed by atoms with Crippen molar-refractivity contribution in [1.29, 1.82) is 0 Å². The quantitative estimate of drug-likeness (QED) is 0.286. The maximum Gasteiger partial charge on any atom is 0.269 e. The molecule has 0 aliphatic rings. The Kier molecular flexibility index (Phi) is 4.74. The second-order valence-electron chi connectivity index (χ2n) is 6.70. The van der Waals surface area contributed by atoms with E-state index in [4.69, 9.17) is 11.5 Å². The molecule has 0 fully saturated rings. The van der Waals surface area contributed by atoms with Crippen LogP contribution >= 0.6 is 11.3 Å². The highest BCUT2D eigenvalue weighted by Crippen LogP contribution is 2.34. The molecule has 1 unspecified atom stereocenters. The molecular weight excluding hydrogens is 386 g/mol. The van der Waals surface area contributed by atoms with Crippen LogP contribution in [0.4, 0.5) is 11.4 Å². The molecule has 0 saturated heterocycles. The van der Waals surface area contributed by atoms with Gasteiger partial charge in [-0.25, -0.2) is 0 Å². The van der Waals surface area contributed by atoms with Gasteiger partial charge in [0.05, 0.1) is 10.8 Å². The van der Waals surface area contributed by atoms with Crippen molar-refractivity contribution >= 4 is 38.7 Å². The molecule has 7 heteroatoms. The Hall–Kier alpha value is -3.71. The Labute approximate surface area is 170 Å². The van der Waals surface area contributed by atoms with Crippen LogP contribution in [0.15, 0.2) is 72.1 Å². The number of carbonyl (C=O) groups is 1. The molecule has 0 saturated carbocycles. The molecule has 3 aromatic carbocycles. The van der Waals surface area contributed by atoms with Gasteiger partial charge in [0, 0.05) is 22.5 Å². The van der Waals surface area contributed by atoms with Crippen LogP contribution in [0.2, 0.25) is 0 Å². The fourth-order valence-electron chi connectivity index (χ4n) is 3.43. The number of carbonyl (C=O) groups excluding carboxylic acids is 1. The number of non-ortho nitro benzene ring substituents is 1. The van der Waals surface area contributed by atoms with E-state index in [-0.39, 0.29) is 11.4 Å². The van der Waals surface area contributed by atoms with E-state index in [1.54, 1.807) is 11.3 Å². The van der Waals surface area contributed by atoms with E-state index in [1.165, 1.54) is 28.3 Å². The number of primary amides is 1. The van der Waals surface area contributed by atoms with Gasteiger partial charge in [0.1, 0.15) is 0 Å². The zero-order valence-electron chi connectivity index (χ0n) is 15.2. The van der Waals surface area contributed by atoms with Crippen molar-refractivity contribution in [3.8, 4) is 11.1 Å². The van der Waals surface area contributed by atoms with E-state index >= 15 is 0 Å². The van der Waals surface area contributed by atoms with Crippen molar-refractivity contribution < 1.29 is 9.72 Å². The number of anilines is 1. The molecular formula is C22H17N3O3S. The van der Waals surface area contributed by atoms with Crippen LogP contribution < -0.4 is 11.5 Å². The molecule has 1 amide bonds. The molecule has 0 spiro atoms. The summed E-state index contributed by atoms with van der Waals surface area (Å²) in [4.78, 5) is 22.8. The smallest absolute Gasteiger partial charge is 0.269 e. The second kappa shape index (κ2) is 7.37. The van der Waals surface area contributed by atoms with Crippen molar-refractivity contribution in [1.82, 2.24) is 0 Å². The Morgan fingerprint density at radius 3 is 2.38 bits per heavy atom. The number of hydrogen-bond acceptors (Lipinski definition) is 5. The first-order chi connectivity index (χ1) is 13.9. The van der Waals surface area contributed by atoms with E-state index in [9.17, 15) is 14.9 Å². The van der Waals surface area contributed by atoms with Gasteiger partial charge in [0.25, 0.3) is 5.69 Å². The molecule has 0 bridgehead atoms. The Morgan fingerprint density at radius 1 is 0.966 bits per heavy atom. The number of thiophene rings is 1. The standard InChI is InChI=1S/C22H17N3O3S/c23-19-8-7-17(25(27)28)12-18(19)21(22(24)26)15-4-1-13(2-5-15)16-6-3-14-9-10-29-20(14)11-16/h1-12,21H,23H2,(H2,24,26). The number of nitro benzene ring substituents is 1. The van der Waals surface area contributed by atoms with E-state index < -0.39 is 16.7 Å². The summed E-state index contributed by atoms with van der Waals surface area (Å²) in [6.45, 7) is 0. The molecule has 29 heavy (non-hydrogen) atoms. The third-order valence-corrected chi connectivity index (χ3v) is 5.79. The molecule has 6 nitrogen and oxygen atoms in total. The monoisotopic (exact) mass is 403 g/mol. The topological polar surface area (TPSA) is 112 Å². The first kappa shape index (κ1) is 18.6. The molecule has 4 N–H and O–H groups in total. The number of nitro groups is 1. The maximum atomic E-state index is 12.2. The minimum atomic E-state index is -0.872. The van der Waals surface area contributed by atoms with E-state index in [0.717, 1.165) is 11.1 Å². The summed E-state index contributed by atoms with van der Waals surface area (Å²) < 4.78 is 1.20. The van der Waals surface area contributed by atoms with Crippen LogP contribution in [0.25, 0.3) is 21.2 Å². The highest BCUT2D eigenvalue weighted by Gasteiger charge is 2.24. The number of fused-ring (bicyclic) bond motifs is 1. The first-order valence-electron chi connectivity index (χ1n) is 8.85. The van der Waals surface area contributed by atoms with Crippen molar-refractivity contribution in [3.05, 3.63) is 93.4 Å².